The van der Waals surface area contributed by atoms with Crippen LogP contribution in [0.2, 0.25) is 0 Å². The van der Waals surface area contributed by atoms with E-state index in [2.05, 4.69) is 29.8 Å². The lowest BCUT2D eigenvalue weighted by molar-refractivity contribution is -0.118. The lowest BCUT2D eigenvalue weighted by Gasteiger charge is -2.41. The van der Waals surface area contributed by atoms with E-state index < -0.39 is 0 Å². The van der Waals surface area contributed by atoms with E-state index >= 15 is 0 Å². The van der Waals surface area contributed by atoms with Gasteiger partial charge in [0, 0.05) is 24.7 Å². The summed E-state index contributed by atoms with van der Waals surface area (Å²) in [6.45, 7) is 10.6. The van der Waals surface area contributed by atoms with Crippen LogP contribution in [0.3, 0.4) is 0 Å². The van der Waals surface area contributed by atoms with Crippen molar-refractivity contribution in [2.24, 2.45) is 16.3 Å². The van der Waals surface area contributed by atoms with Gasteiger partial charge in [0.1, 0.15) is 0 Å². The number of carbonyl (C=O) groups excluding carboxylic acids is 1. The zero-order valence-corrected chi connectivity index (χ0v) is 19.4. The number of guanidine groups is 1. The summed E-state index contributed by atoms with van der Waals surface area (Å²) in [4.78, 5) is 16.4. The standard InChI is InChI=1S/C21H34N4O.HI/c1-5-21(12-7-13-21)15-24-20(22-6-2)23-14-17-8-10-18(11-9-17)25-19(26)16(3)4;/h8-11,16H,5-7,12-15H2,1-4H3,(H,25,26)(H2,22,23,24);1H. The van der Waals surface area contributed by atoms with Crippen molar-refractivity contribution in [3.8, 4) is 0 Å². The number of nitrogens with one attached hydrogen (secondary N) is 3. The monoisotopic (exact) mass is 486 g/mol. The average molecular weight is 486 g/mol. The smallest absolute Gasteiger partial charge is 0.226 e. The molecule has 0 heterocycles. The first-order chi connectivity index (χ1) is 12.5. The molecule has 152 valence electrons. The van der Waals surface area contributed by atoms with Crippen LogP contribution in [0.4, 0.5) is 5.69 Å². The summed E-state index contributed by atoms with van der Waals surface area (Å²) in [5.74, 6) is 0.898. The molecule has 1 saturated carbocycles. The second kappa shape index (κ2) is 11.5. The molecule has 1 amide bonds. The maximum Gasteiger partial charge on any atom is 0.226 e. The van der Waals surface area contributed by atoms with Crippen LogP contribution in [0.5, 0.6) is 0 Å². The molecule has 1 aromatic rings. The second-order valence-electron chi connectivity index (χ2n) is 7.60. The maximum atomic E-state index is 11.7. The van der Waals surface area contributed by atoms with Crippen molar-refractivity contribution in [1.29, 1.82) is 0 Å². The summed E-state index contributed by atoms with van der Waals surface area (Å²) in [7, 11) is 0. The largest absolute Gasteiger partial charge is 0.357 e. The van der Waals surface area contributed by atoms with E-state index in [9.17, 15) is 4.79 Å². The molecule has 0 saturated heterocycles. The van der Waals surface area contributed by atoms with Gasteiger partial charge in [0.05, 0.1) is 6.54 Å². The first-order valence-electron chi connectivity index (χ1n) is 9.90. The molecule has 0 unspecified atom stereocenters. The number of hydrogen-bond acceptors (Lipinski definition) is 2. The molecular weight excluding hydrogens is 451 g/mol. The van der Waals surface area contributed by atoms with Gasteiger partial charge in [0.25, 0.3) is 0 Å². The van der Waals surface area contributed by atoms with Gasteiger partial charge >= 0.3 is 0 Å². The minimum Gasteiger partial charge on any atom is -0.357 e. The Labute approximate surface area is 181 Å². The summed E-state index contributed by atoms with van der Waals surface area (Å²) in [6, 6.07) is 7.91. The quantitative estimate of drug-likeness (QED) is 0.287. The van der Waals surface area contributed by atoms with Crippen LogP contribution in [-0.4, -0.2) is 25.0 Å². The van der Waals surface area contributed by atoms with Crippen molar-refractivity contribution >= 4 is 41.5 Å². The predicted octanol–water partition coefficient (Wildman–Crippen LogP) is 4.53. The molecule has 0 atom stereocenters. The highest BCUT2D eigenvalue weighted by Crippen LogP contribution is 2.42. The Morgan fingerprint density at radius 3 is 2.30 bits per heavy atom. The SMILES string of the molecule is CCNC(=NCc1ccc(NC(=O)C(C)C)cc1)NCC1(CC)CCC1.I. The number of amides is 1. The maximum absolute atomic E-state index is 11.7. The predicted molar refractivity (Wildman–Crippen MR) is 125 cm³/mol. The summed E-state index contributed by atoms with van der Waals surface area (Å²) >= 11 is 0. The van der Waals surface area contributed by atoms with Crippen LogP contribution in [-0.2, 0) is 11.3 Å². The van der Waals surface area contributed by atoms with Crippen molar-refractivity contribution in [2.45, 2.75) is 59.9 Å². The Balaban J connectivity index is 0.00000364. The first kappa shape index (κ1) is 23.7. The minimum atomic E-state index is -0.0184. The molecule has 0 aromatic heterocycles. The van der Waals surface area contributed by atoms with Crippen molar-refractivity contribution in [2.75, 3.05) is 18.4 Å². The van der Waals surface area contributed by atoms with E-state index in [0.717, 1.165) is 30.3 Å². The molecular formula is C21H35IN4O. The zero-order chi connectivity index (χ0) is 19.0. The lowest BCUT2D eigenvalue weighted by atomic mass is 9.67. The van der Waals surface area contributed by atoms with Crippen LogP contribution in [0.25, 0.3) is 0 Å². The van der Waals surface area contributed by atoms with Crippen molar-refractivity contribution in [1.82, 2.24) is 10.6 Å². The molecule has 6 heteroatoms. The zero-order valence-electron chi connectivity index (χ0n) is 17.1. The van der Waals surface area contributed by atoms with Crippen LogP contribution in [0.15, 0.2) is 29.3 Å². The molecule has 0 bridgehead atoms. The highest BCUT2D eigenvalue weighted by molar-refractivity contribution is 14.0. The number of rotatable bonds is 8. The van der Waals surface area contributed by atoms with E-state index in [1.807, 2.05) is 38.1 Å². The molecule has 1 aromatic carbocycles. The van der Waals surface area contributed by atoms with Crippen LogP contribution < -0.4 is 16.0 Å². The molecule has 3 N–H and O–H groups in total. The minimum absolute atomic E-state index is 0. The molecule has 1 fully saturated rings. The number of aliphatic imine (C=N–C) groups is 1. The third-order valence-electron chi connectivity index (χ3n) is 5.30. The van der Waals surface area contributed by atoms with Crippen LogP contribution in [0.1, 0.15) is 58.9 Å². The normalized spacial score (nSPS) is 15.5. The van der Waals surface area contributed by atoms with Crippen molar-refractivity contribution < 1.29 is 4.79 Å². The second-order valence-corrected chi connectivity index (χ2v) is 7.60. The Kier molecular flexibility index (Phi) is 10.1. The molecule has 2 rings (SSSR count). The molecule has 5 nitrogen and oxygen atoms in total. The van der Waals surface area contributed by atoms with Gasteiger partial charge in [0.15, 0.2) is 5.96 Å². The molecule has 0 aliphatic heterocycles. The Hall–Kier alpha value is -1.31. The van der Waals surface area contributed by atoms with E-state index in [1.54, 1.807) is 0 Å². The molecule has 1 aliphatic carbocycles. The highest BCUT2D eigenvalue weighted by atomic mass is 127. The highest BCUT2D eigenvalue weighted by Gasteiger charge is 2.34. The molecule has 1 aliphatic rings. The van der Waals surface area contributed by atoms with E-state index in [4.69, 9.17) is 4.99 Å². The Morgan fingerprint density at radius 2 is 1.81 bits per heavy atom. The first-order valence-corrected chi connectivity index (χ1v) is 9.90. The molecule has 0 radical (unpaired) electrons. The Bertz CT molecular complexity index is 604. The number of benzene rings is 1. The summed E-state index contributed by atoms with van der Waals surface area (Å²) in [5, 5.41) is 9.76. The topological polar surface area (TPSA) is 65.5 Å². The lowest BCUT2D eigenvalue weighted by Crippen LogP contribution is -2.46. The van der Waals surface area contributed by atoms with Gasteiger partial charge in [-0.1, -0.05) is 39.3 Å². The van der Waals surface area contributed by atoms with E-state index in [1.165, 1.54) is 25.7 Å². The average Bonchev–Trinajstić information content (AvgIpc) is 2.60. The van der Waals surface area contributed by atoms with Gasteiger partial charge in [0.2, 0.25) is 5.91 Å². The third-order valence-corrected chi connectivity index (χ3v) is 5.30. The number of nitrogens with zero attached hydrogens (tertiary/aromatic N) is 1. The summed E-state index contributed by atoms with van der Waals surface area (Å²) in [5.41, 5.74) is 2.42. The number of halogens is 1. The van der Waals surface area contributed by atoms with Crippen molar-refractivity contribution in [3.63, 3.8) is 0 Å². The fraction of sp³-hybridized carbons (Fsp3) is 0.619. The fourth-order valence-corrected chi connectivity index (χ4v) is 3.10. The summed E-state index contributed by atoms with van der Waals surface area (Å²) in [6.07, 6.45) is 5.21. The number of carbonyl (C=O) groups is 1. The van der Waals surface area contributed by atoms with E-state index in [-0.39, 0.29) is 35.8 Å². The van der Waals surface area contributed by atoms with Gasteiger partial charge < -0.3 is 16.0 Å². The van der Waals surface area contributed by atoms with Gasteiger partial charge in [-0.25, -0.2) is 4.99 Å². The van der Waals surface area contributed by atoms with Gasteiger partial charge in [-0.05, 0) is 49.3 Å². The van der Waals surface area contributed by atoms with Gasteiger partial charge in [-0.3, -0.25) is 4.79 Å². The van der Waals surface area contributed by atoms with Gasteiger partial charge in [-0.2, -0.15) is 0 Å². The molecule has 27 heavy (non-hydrogen) atoms. The van der Waals surface area contributed by atoms with Crippen LogP contribution >= 0.6 is 24.0 Å². The van der Waals surface area contributed by atoms with Gasteiger partial charge in [-0.15, -0.1) is 24.0 Å². The number of hydrogen-bond donors (Lipinski definition) is 3. The van der Waals surface area contributed by atoms with Crippen LogP contribution in [0, 0.1) is 11.3 Å². The van der Waals surface area contributed by atoms with E-state index in [0.29, 0.717) is 12.0 Å². The third kappa shape index (κ3) is 7.31. The summed E-state index contributed by atoms with van der Waals surface area (Å²) < 4.78 is 0. The number of anilines is 1. The molecule has 0 spiro atoms. The Morgan fingerprint density at radius 1 is 1.15 bits per heavy atom. The van der Waals surface area contributed by atoms with Crippen molar-refractivity contribution in [3.05, 3.63) is 29.8 Å². The fourth-order valence-electron chi connectivity index (χ4n) is 3.10.